The Bertz CT molecular complexity index is 1100. The third-order valence-corrected chi connectivity index (χ3v) is 7.75. The summed E-state index contributed by atoms with van der Waals surface area (Å²) in [4.78, 5) is 12.6. The molecule has 1 saturated heterocycles. The molecule has 0 aromatic heterocycles. The Morgan fingerprint density at radius 1 is 1.00 bits per heavy atom. The second kappa shape index (κ2) is 10.4. The molecule has 1 N–H and O–H groups in total. The molecular weight excluding hydrogens is 451 g/mol. The molecular formula is C23H29FN2O6S. The first-order valence-corrected chi connectivity index (χ1v) is 12.0. The smallest absolute Gasteiger partial charge is 0.246 e. The van der Waals surface area contributed by atoms with E-state index in [4.69, 9.17) is 14.2 Å². The maximum absolute atomic E-state index is 13.7. The van der Waals surface area contributed by atoms with Crippen LogP contribution in [-0.4, -0.2) is 53.0 Å². The van der Waals surface area contributed by atoms with Crippen molar-refractivity contribution in [3.8, 4) is 17.2 Å². The number of ether oxygens (including phenoxy) is 3. The molecule has 2 aromatic carbocycles. The first kappa shape index (κ1) is 24.8. The Morgan fingerprint density at radius 2 is 1.61 bits per heavy atom. The van der Waals surface area contributed by atoms with Crippen LogP contribution in [0.25, 0.3) is 0 Å². The summed E-state index contributed by atoms with van der Waals surface area (Å²) in [5.74, 6) is 0.129. The minimum absolute atomic E-state index is 0.0833. The van der Waals surface area contributed by atoms with E-state index in [-0.39, 0.29) is 41.6 Å². The van der Waals surface area contributed by atoms with Crippen LogP contribution in [0.2, 0.25) is 0 Å². The Hall–Kier alpha value is -2.85. The summed E-state index contributed by atoms with van der Waals surface area (Å²) in [6.07, 6.45) is 0.725. The van der Waals surface area contributed by atoms with Crippen LogP contribution in [0, 0.1) is 11.7 Å². The fourth-order valence-electron chi connectivity index (χ4n) is 3.89. The SMILES string of the molecule is COc1ccc([C@H](C)NC(=O)C2CCN(S(=O)(=O)c3cc(F)ccc3OC)CC2)cc1OC. The van der Waals surface area contributed by atoms with E-state index in [1.165, 1.54) is 17.5 Å². The van der Waals surface area contributed by atoms with E-state index in [1.54, 1.807) is 20.3 Å². The number of sulfonamides is 1. The molecule has 180 valence electrons. The lowest BCUT2D eigenvalue weighted by atomic mass is 9.96. The Morgan fingerprint density at radius 3 is 2.21 bits per heavy atom. The van der Waals surface area contributed by atoms with Gasteiger partial charge in [-0.15, -0.1) is 0 Å². The largest absolute Gasteiger partial charge is 0.495 e. The van der Waals surface area contributed by atoms with Crippen LogP contribution in [0.3, 0.4) is 0 Å². The molecule has 1 fully saturated rings. The van der Waals surface area contributed by atoms with Crippen LogP contribution in [0.15, 0.2) is 41.3 Å². The summed E-state index contributed by atoms with van der Waals surface area (Å²) in [5.41, 5.74) is 0.860. The summed E-state index contributed by atoms with van der Waals surface area (Å²) >= 11 is 0. The molecule has 1 atom stereocenters. The van der Waals surface area contributed by atoms with E-state index in [9.17, 15) is 17.6 Å². The van der Waals surface area contributed by atoms with Crippen LogP contribution in [0.5, 0.6) is 17.2 Å². The number of carbonyl (C=O) groups is 1. The average Bonchev–Trinajstić information content (AvgIpc) is 2.83. The van der Waals surface area contributed by atoms with Crippen LogP contribution in [-0.2, 0) is 14.8 Å². The van der Waals surface area contributed by atoms with Gasteiger partial charge < -0.3 is 19.5 Å². The van der Waals surface area contributed by atoms with Crippen molar-refractivity contribution in [3.63, 3.8) is 0 Å². The minimum atomic E-state index is -3.95. The number of carbonyl (C=O) groups excluding carboxylic acids is 1. The number of rotatable bonds is 8. The number of amides is 1. The second-order valence-electron chi connectivity index (χ2n) is 7.82. The van der Waals surface area contributed by atoms with Crippen molar-refractivity contribution >= 4 is 15.9 Å². The average molecular weight is 481 g/mol. The number of hydrogen-bond acceptors (Lipinski definition) is 6. The van der Waals surface area contributed by atoms with Gasteiger partial charge in [0, 0.05) is 19.0 Å². The fourth-order valence-corrected chi connectivity index (χ4v) is 5.52. The molecule has 0 bridgehead atoms. The molecule has 1 aliphatic rings. The van der Waals surface area contributed by atoms with Gasteiger partial charge in [-0.25, -0.2) is 12.8 Å². The van der Waals surface area contributed by atoms with Gasteiger partial charge in [0.2, 0.25) is 15.9 Å². The number of hydrogen-bond donors (Lipinski definition) is 1. The second-order valence-corrected chi connectivity index (χ2v) is 9.72. The van der Waals surface area contributed by atoms with Gasteiger partial charge in [0.1, 0.15) is 16.5 Å². The third-order valence-electron chi connectivity index (χ3n) is 5.83. The van der Waals surface area contributed by atoms with Crippen LogP contribution in [0.4, 0.5) is 4.39 Å². The number of benzene rings is 2. The van der Waals surface area contributed by atoms with Crippen molar-refractivity contribution in [3.05, 3.63) is 47.8 Å². The Labute approximate surface area is 193 Å². The highest BCUT2D eigenvalue weighted by Gasteiger charge is 2.34. The van der Waals surface area contributed by atoms with Crippen molar-refractivity contribution in [1.29, 1.82) is 0 Å². The van der Waals surface area contributed by atoms with Gasteiger partial charge >= 0.3 is 0 Å². The van der Waals surface area contributed by atoms with Crippen molar-refractivity contribution in [1.82, 2.24) is 9.62 Å². The lowest BCUT2D eigenvalue weighted by molar-refractivity contribution is -0.126. The molecule has 0 saturated carbocycles. The minimum Gasteiger partial charge on any atom is -0.495 e. The predicted molar refractivity (Wildman–Crippen MR) is 121 cm³/mol. The zero-order valence-electron chi connectivity index (χ0n) is 19.1. The standard InChI is InChI=1S/C23H29FN2O6S/c1-15(17-5-7-19(30-2)21(13-17)32-4)25-23(27)16-9-11-26(12-10-16)33(28,29)22-14-18(24)6-8-20(22)31-3/h5-8,13-16H,9-12H2,1-4H3,(H,25,27)/t15-/m0/s1. The van der Waals surface area contributed by atoms with E-state index in [2.05, 4.69) is 5.32 Å². The lowest BCUT2D eigenvalue weighted by Gasteiger charge is -2.31. The number of halogens is 1. The van der Waals surface area contributed by atoms with Crippen molar-refractivity contribution in [2.75, 3.05) is 34.4 Å². The normalized spacial score (nSPS) is 16.2. The van der Waals surface area contributed by atoms with Crippen LogP contribution < -0.4 is 19.5 Å². The molecule has 8 nitrogen and oxygen atoms in total. The summed E-state index contributed by atoms with van der Waals surface area (Å²) in [6.45, 7) is 2.19. The summed E-state index contributed by atoms with van der Waals surface area (Å²) in [5, 5.41) is 2.99. The number of piperidine rings is 1. The van der Waals surface area contributed by atoms with Crippen molar-refractivity contribution in [2.24, 2.45) is 5.92 Å². The van der Waals surface area contributed by atoms with E-state index in [1.807, 2.05) is 19.1 Å². The highest BCUT2D eigenvalue weighted by atomic mass is 32.2. The lowest BCUT2D eigenvalue weighted by Crippen LogP contribution is -2.43. The zero-order chi connectivity index (χ0) is 24.2. The first-order chi connectivity index (χ1) is 15.7. The summed E-state index contributed by atoms with van der Waals surface area (Å²) in [6, 6.07) is 8.57. The predicted octanol–water partition coefficient (Wildman–Crippen LogP) is 3.13. The van der Waals surface area contributed by atoms with E-state index >= 15 is 0 Å². The molecule has 2 aromatic rings. The van der Waals surface area contributed by atoms with Gasteiger partial charge in [-0.2, -0.15) is 4.31 Å². The van der Waals surface area contributed by atoms with Crippen LogP contribution in [0.1, 0.15) is 31.4 Å². The topological polar surface area (TPSA) is 94.2 Å². The third kappa shape index (κ3) is 5.39. The van der Waals surface area contributed by atoms with E-state index < -0.39 is 15.8 Å². The molecule has 1 amide bonds. The molecule has 1 aliphatic heterocycles. The Kier molecular flexibility index (Phi) is 7.80. The van der Waals surface area contributed by atoms with Crippen LogP contribution >= 0.6 is 0 Å². The molecule has 1 heterocycles. The zero-order valence-corrected chi connectivity index (χ0v) is 19.9. The monoisotopic (exact) mass is 480 g/mol. The number of nitrogens with zero attached hydrogens (tertiary/aromatic N) is 1. The molecule has 33 heavy (non-hydrogen) atoms. The summed E-state index contributed by atoms with van der Waals surface area (Å²) < 4.78 is 56.7. The van der Waals surface area contributed by atoms with Gasteiger partial charge in [0.05, 0.1) is 27.4 Å². The van der Waals surface area contributed by atoms with Gasteiger partial charge in [0.25, 0.3) is 0 Å². The van der Waals surface area contributed by atoms with Crippen molar-refractivity contribution in [2.45, 2.75) is 30.7 Å². The van der Waals surface area contributed by atoms with Gasteiger partial charge in [-0.3, -0.25) is 4.79 Å². The van der Waals surface area contributed by atoms with Crippen molar-refractivity contribution < 1.29 is 31.8 Å². The highest BCUT2D eigenvalue weighted by Crippen LogP contribution is 2.32. The maximum atomic E-state index is 13.7. The molecule has 3 rings (SSSR count). The highest BCUT2D eigenvalue weighted by molar-refractivity contribution is 7.89. The molecule has 0 spiro atoms. The number of nitrogens with one attached hydrogen (secondary N) is 1. The summed E-state index contributed by atoms with van der Waals surface area (Å²) in [7, 11) is 0.493. The molecule has 0 unspecified atom stereocenters. The molecule has 0 radical (unpaired) electrons. The van der Waals surface area contributed by atoms with E-state index in [0.717, 1.165) is 17.7 Å². The number of methoxy groups -OCH3 is 3. The quantitative estimate of drug-likeness (QED) is 0.624. The van der Waals surface area contributed by atoms with Gasteiger partial charge in [-0.1, -0.05) is 6.07 Å². The Balaban J connectivity index is 1.64. The van der Waals surface area contributed by atoms with Gasteiger partial charge in [0.15, 0.2) is 11.5 Å². The maximum Gasteiger partial charge on any atom is 0.246 e. The van der Waals surface area contributed by atoms with Gasteiger partial charge in [-0.05, 0) is 55.7 Å². The van der Waals surface area contributed by atoms with E-state index in [0.29, 0.717) is 24.3 Å². The molecule has 10 heteroatoms. The first-order valence-electron chi connectivity index (χ1n) is 10.6. The fraction of sp³-hybridized carbons (Fsp3) is 0.435. The molecule has 0 aliphatic carbocycles.